The number of nitrogens with zero attached hydrogens (tertiary/aromatic N) is 4. The number of aromatic carboxylic acids is 2. The lowest BCUT2D eigenvalue weighted by atomic mass is 9.99. The van der Waals surface area contributed by atoms with Crippen molar-refractivity contribution in [2.45, 2.75) is 70.9 Å². The first-order valence-corrected chi connectivity index (χ1v) is 21.6. The summed E-state index contributed by atoms with van der Waals surface area (Å²) in [5.41, 5.74) is 0.366. The number of carboxylic acids is 2. The van der Waals surface area contributed by atoms with Gasteiger partial charge < -0.3 is 29.8 Å². The molecule has 0 bridgehead atoms. The van der Waals surface area contributed by atoms with Crippen LogP contribution in [0.15, 0.2) is 68.1 Å². The van der Waals surface area contributed by atoms with Crippen LogP contribution in [0.3, 0.4) is 0 Å². The van der Waals surface area contributed by atoms with Crippen LogP contribution in [0.4, 0.5) is 0 Å². The number of carbonyl (C=O) groups excluding carboxylic acids is 4. The standard InChI is InChI=1S/C20H10O8S2.4C5H9NO/c21-19(22)9-1-3-11-13-7-18-14(8-17(13)29(25,26)15(11)5-9)12-4-2-10(20(23)24)6-16(12)30(18,27)28;4*1-6-4-2-3-5(6)7/h1-8H,(H,21,22)(H,23,24);4*2-4H2,1H3. The molecule has 3 aromatic rings. The van der Waals surface area contributed by atoms with Gasteiger partial charge in [0.25, 0.3) is 0 Å². The third-order valence-corrected chi connectivity index (χ3v) is 14.2. The van der Waals surface area contributed by atoms with Crippen molar-refractivity contribution in [2.75, 3.05) is 54.4 Å². The second kappa shape index (κ2) is 17.5. The Kier molecular flexibility index (Phi) is 13.1. The van der Waals surface area contributed by atoms with Crippen molar-refractivity contribution in [3.8, 4) is 22.3 Å². The number of fused-ring (bicyclic) bond motifs is 6. The van der Waals surface area contributed by atoms with Gasteiger partial charge in [0.05, 0.1) is 30.7 Å². The molecule has 0 aromatic heterocycles. The summed E-state index contributed by atoms with van der Waals surface area (Å²) >= 11 is 0. The minimum atomic E-state index is -4.06. The molecule has 0 radical (unpaired) electrons. The van der Waals surface area contributed by atoms with Gasteiger partial charge in [0.15, 0.2) is 0 Å². The second-order valence-corrected chi connectivity index (χ2v) is 18.3. The van der Waals surface area contributed by atoms with Crippen LogP contribution in [0.5, 0.6) is 0 Å². The van der Waals surface area contributed by atoms with Crippen molar-refractivity contribution in [1.29, 1.82) is 0 Å². The molecule has 310 valence electrons. The second-order valence-electron chi connectivity index (χ2n) is 14.6. The van der Waals surface area contributed by atoms with Crippen LogP contribution < -0.4 is 0 Å². The van der Waals surface area contributed by atoms with Crippen LogP contribution in [-0.4, -0.2) is 137 Å². The van der Waals surface area contributed by atoms with E-state index in [1.807, 2.05) is 28.2 Å². The summed E-state index contributed by atoms with van der Waals surface area (Å²) in [6, 6.07) is 9.80. The van der Waals surface area contributed by atoms with Crippen molar-refractivity contribution in [1.82, 2.24) is 19.6 Å². The molecule has 9 rings (SSSR count). The van der Waals surface area contributed by atoms with Gasteiger partial charge in [0.2, 0.25) is 43.3 Å². The molecule has 6 aliphatic rings. The first-order chi connectivity index (χ1) is 27.2. The van der Waals surface area contributed by atoms with Crippen LogP contribution in [0.1, 0.15) is 72.1 Å². The lowest BCUT2D eigenvalue weighted by Gasteiger charge is -2.04. The zero-order valence-corrected chi connectivity index (χ0v) is 34.3. The molecule has 0 unspecified atom stereocenters. The van der Waals surface area contributed by atoms with E-state index in [-0.39, 0.29) is 53.0 Å². The fraction of sp³-hybridized carbons (Fsp3) is 0.400. The zero-order chi connectivity index (χ0) is 42.7. The number of benzene rings is 3. The van der Waals surface area contributed by atoms with Gasteiger partial charge in [0.1, 0.15) is 0 Å². The largest absolute Gasteiger partial charge is 0.478 e. The third kappa shape index (κ3) is 9.07. The van der Waals surface area contributed by atoms with E-state index in [9.17, 15) is 45.6 Å². The highest BCUT2D eigenvalue weighted by Crippen LogP contribution is 2.51. The highest BCUT2D eigenvalue weighted by molar-refractivity contribution is 7.92. The van der Waals surface area contributed by atoms with E-state index in [1.165, 1.54) is 36.4 Å². The quantitative estimate of drug-likeness (QED) is 0.260. The Labute approximate surface area is 336 Å². The average molecular weight is 839 g/mol. The Morgan fingerprint density at radius 1 is 0.448 bits per heavy atom. The number of amides is 4. The molecule has 16 nitrogen and oxygen atoms in total. The van der Waals surface area contributed by atoms with Gasteiger partial charge in [-0.15, -0.1) is 0 Å². The van der Waals surface area contributed by atoms with Crippen LogP contribution in [0.25, 0.3) is 22.3 Å². The van der Waals surface area contributed by atoms with E-state index in [4.69, 9.17) is 10.2 Å². The normalized spacial score (nSPS) is 18.7. The Morgan fingerprint density at radius 2 is 0.707 bits per heavy atom. The minimum Gasteiger partial charge on any atom is -0.478 e. The van der Waals surface area contributed by atoms with E-state index >= 15 is 0 Å². The predicted molar refractivity (Wildman–Crippen MR) is 210 cm³/mol. The van der Waals surface area contributed by atoms with Crippen LogP contribution in [-0.2, 0) is 38.9 Å². The van der Waals surface area contributed by atoms with Crippen molar-refractivity contribution in [3.63, 3.8) is 0 Å². The van der Waals surface area contributed by atoms with Crippen molar-refractivity contribution >= 4 is 55.2 Å². The van der Waals surface area contributed by atoms with Crippen molar-refractivity contribution in [3.05, 3.63) is 59.7 Å². The summed E-state index contributed by atoms with van der Waals surface area (Å²) in [4.78, 5) is 70.9. The summed E-state index contributed by atoms with van der Waals surface area (Å²) in [6.45, 7) is 3.83. The molecule has 6 heterocycles. The third-order valence-electron chi connectivity index (χ3n) is 10.5. The topological polar surface area (TPSA) is 224 Å². The summed E-state index contributed by atoms with van der Waals surface area (Å²) in [7, 11) is -0.742. The maximum Gasteiger partial charge on any atom is 0.335 e. The molecule has 6 aliphatic heterocycles. The van der Waals surface area contributed by atoms with Gasteiger partial charge in [0, 0.05) is 102 Å². The van der Waals surface area contributed by atoms with Gasteiger partial charge in [-0.05, 0) is 62.1 Å². The van der Waals surface area contributed by atoms with Gasteiger partial charge in [-0.3, -0.25) is 19.2 Å². The average Bonchev–Trinajstić information content (AvgIpc) is 4.03. The summed E-state index contributed by atoms with van der Waals surface area (Å²) in [5, 5.41) is 18.3. The Morgan fingerprint density at radius 3 is 0.897 bits per heavy atom. The summed E-state index contributed by atoms with van der Waals surface area (Å²) < 4.78 is 52.2. The SMILES string of the molecule is CN1CCCC1=O.CN1CCCC1=O.CN1CCCC1=O.CN1CCCC1=O.O=C(O)c1ccc2c(c1)S(=O)(=O)c1cc3c(cc1-2)S(=O)(=O)c1cc(C(=O)O)ccc1-3. The maximum absolute atomic E-state index is 13.0. The van der Waals surface area contributed by atoms with Crippen molar-refractivity contribution < 1.29 is 55.8 Å². The predicted octanol–water partition coefficient (Wildman–Crippen LogP) is 3.66. The number of hydrogen-bond donors (Lipinski definition) is 2. The lowest BCUT2D eigenvalue weighted by molar-refractivity contribution is -0.127. The highest BCUT2D eigenvalue weighted by atomic mass is 32.2. The van der Waals surface area contributed by atoms with Crippen molar-refractivity contribution in [2.24, 2.45) is 0 Å². The molecule has 4 amide bonds. The monoisotopic (exact) mass is 838 g/mol. The fourth-order valence-corrected chi connectivity index (χ4v) is 10.4. The number of likely N-dealkylation sites (tertiary alicyclic amines) is 4. The summed E-state index contributed by atoms with van der Waals surface area (Å²) in [6.07, 6.45) is 7.25. The molecule has 0 aliphatic carbocycles. The van der Waals surface area contributed by atoms with E-state index in [2.05, 4.69) is 0 Å². The van der Waals surface area contributed by atoms with Gasteiger partial charge in [-0.25, -0.2) is 26.4 Å². The minimum absolute atomic E-state index is 0.121. The molecule has 2 N–H and O–H groups in total. The number of carboxylic acid groups (broad SMARTS) is 2. The molecule has 0 spiro atoms. The number of rotatable bonds is 2. The first-order valence-electron chi connectivity index (χ1n) is 18.6. The molecule has 4 fully saturated rings. The Bertz CT molecular complexity index is 2200. The zero-order valence-electron chi connectivity index (χ0n) is 32.7. The van der Waals surface area contributed by atoms with Gasteiger partial charge in [-0.2, -0.15) is 0 Å². The van der Waals surface area contributed by atoms with Crippen LogP contribution in [0.2, 0.25) is 0 Å². The van der Waals surface area contributed by atoms with Crippen LogP contribution in [0, 0.1) is 0 Å². The molecular formula is C40H46N4O12S2. The molecule has 58 heavy (non-hydrogen) atoms. The number of hydrogen-bond acceptors (Lipinski definition) is 10. The Balaban J connectivity index is 0.000000182. The van der Waals surface area contributed by atoms with Crippen LogP contribution >= 0.6 is 0 Å². The van der Waals surface area contributed by atoms with E-state index in [0.717, 1.165) is 89.7 Å². The van der Waals surface area contributed by atoms with E-state index < -0.39 is 31.6 Å². The van der Waals surface area contributed by atoms with E-state index in [0.29, 0.717) is 23.6 Å². The molecule has 4 saturated heterocycles. The maximum atomic E-state index is 13.0. The summed E-state index contributed by atoms with van der Waals surface area (Å²) in [5.74, 6) is -1.39. The molecule has 0 saturated carbocycles. The first kappa shape index (κ1) is 43.5. The fourth-order valence-electron chi connectivity index (χ4n) is 6.99. The molecule has 18 heteroatoms. The van der Waals surface area contributed by atoms with Gasteiger partial charge >= 0.3 is 11.9 Å². The lowest BCUT2D eigenvalue weighted by Crippen LogP contribution is -2.17. The smallest absolute Gasteiger partial charge is 0.335 e. The molecule has 0 atom stereocenters. The van der Waals surface area contributed by atoms with Gasteiger partial charge in [-0.1, -0.05) is 12.1 Å². The number of sulfone groups is 2. The highest BCUT2D eigenvalue weighted by Gasteiger charge is 2.40. The molecule has 3 aromatic carbocycles. The number of carbonyl (C=O) groups is 6. The Hall–Kier alpha value is -5.62. The van der Waals surface area contributed by atoms with E-state index in [1.54, 1.807) is 19.6 Å². The molecular weight excluding hydrogens is 793 g/mol.